The summed E-state index contributed by atoms with van der Waals surface area (Å²) >= 11 is 0. The largest absolute Gasteiger partial charge is 0.496 e. The summed E-state index contributed by atoms with van der Waals surface area (Å²) in [6.45, 7) is -0.457. The highest BCUT2D eigenvalue weighted by atomic mass is 16.5. The molecular formula is C20H25N3O7. The summed E-state index contributed by atoms with van der Waals surface area (Å²) in [6.07, 6.45) is 3.18. The van der Waals surface area contributed by atoms with Crippen molar-refractivity contribution in [2.45, 2.75) is 38.3 Å². The molecule has 30 heavy (non-hydrogen) atoms. The average molecular weight is 419 g/mol. The number of amides is 5. The fraction of sp³-hybridized carbons (Fsp3) is 0.500. The van der Waals surface area contributed by atoms with Crippen LogP contribution in [0.25, 0.3) is 0 Å². The predicted octanol–water partition coefficient (Wildman–Crippen LogP) is 1.06. The molecule has 162 valence electrons. The number of rotatable bonds is 8. The van der Waals surface area contributed by atoms with Crippen LogP contribution in [0.4, 0.5) is 4.79 Å². The molecule has 2 fully saturated rings. The van der Waals surface area contributed by atoms with Gasteiger partial charge >= 0.3 is 17.8 Å². The van der Waals surface area contributed by atoms with Crippen molar-refractivity contribution in [1.82, 2.24) is 15.1 Å². The minimum Gasteiger partial charge on any atom is -0.496 e. The summed E-state index contributed by atoms with van der Waals surface area (Å²) in [5.74, 6) is -0.987. The van der Waals surface area contributed by atoms with Gasteiger partial charge in [0.1, 0.15) is 12.3 Å². The number of imide groups is 2. The Bertz CT molecular complexity index is 864. The van der Waals surface area contributed by atoms with Crippen molar-refractivity contribution >= 4 is 23.8 Å². The van der Waals surface area contributed by atoms with Crippen molar-refractivity contribution in [1.29, 1.82) is 0 Å². The average Bonchev–Trinajstić information content (AvgIpc) is 3.34. The zero-order valence-electron chi connectivity index (χ0n) is 17.2. The van der Waals surface area contributed by atoms with Crippen LogP contribution in [0, 0.1) is 0 Å². The quantitative estimate of drug-likeness (QED) is 0.495. The number of hydrogen-bond donors (Lipinski definition) is 1. The Morgan fingerprint density at radius 1 is 0.967 bits per heavy atom. The van der Waals surface area contributed by atoms with Crippen LogP contribution in [0.2, 0.25) is 0 Å². The zero-order chi connectivity index (χ0) is 21.8. The number of urea groups is 1. The van der Waals surface area contributed by atoms with Crippen molar-refractivity contribution < 1.29 is 33.4 Å². The molecule has 5 amide bonds. The molecule has 3 rings (SSSR count). The number of ether oxygens (including phenoxy) is 3. The maximum absolute atomic E-state index is 12.6. The van der Waals surface area contributed by atoms with Gasteiger partial charge in [-0.05, 0) is 18.9 Å². The predicted molar refractivity (Wildman–Crippen MR) is 104 cm³/mol. The first-order valence-electron chi connectivity index (χ1n) is 9.65. The minimum absolute atomic E-state index is 0.0683. The third-order valence-electron chi connectivity index (χ3n) is 5.34. The first kappa shape index (κ1) is 21.4. The smallest absolute Gasteiger partial charge is 0.334 e. The van der Waals surface area contributed by atoms with Crippen molar-refractivity contribution in [2.75, 3.05) is 27.9 Å². The molecule has 1 aliphatic carbocycles. The van der Waals surface area contributed by atoms with E-state index in [1.165, 1.54) is 21.3 Å². The van der Waals surface area contributed by atoms with Gasteiger partial charge in [-0.3, -0.25) is 19.3 Å². The topological polar surface area (TPSA) is 114 Å². The van der Waals surface area contributed by atoms with Crippen molar-refractivity contribution in [2.24, 2.45) is 0 Å². The van der Waals surface area contributed by atoms with E-state index in [1.54, 1.807) is 12.1 Å². The molecule has 10 heteroatoms. The van der Waals surface area contributed by atoms with E-state index in [4.69, 9.17) is 14.2 Å². The normalized spacial score (nSPS) is 17.0. The van der Waals surface area contributed by atoms with Gasteiger partial charge in [0.25, 0.3) is 0 Å². The van der Waals surface area contributed by atoms with E-state index in [1.807, 2.05) is 0 Å². The van der Waals surface area contributed by atoms with Crippen LogP contribution in [-0.4, -0.2) is 67.5 Å². The Morgan fingerprint density at radius 2 is 1.57 bits per heavy atom. The molecule has 1 heterocycles. The van der Waals surface area contributed by atoms with Crippen molar-refractivity contribution in [3.8, 4) is 17.2 Å². The lowest BCUT2D eigenvalue weighted by molar-refractivity contribution is -0.144. The Hall–Kier alpha value is -3.30. The molecule has 0 radical (unpaired) electrons. The van der Waals surface area contributed by atoms with E-state index >= 15 is 0 Å². The molecule has 1 aromatic carbocycles. The lowest BCUT2D eigenvalue weighted by atomic mass is 10.1. The van der Waals surface area contributed by atoms with Crippen LogP contribution in [0.15, 0.2) is 12.1 Å². The second-order valence-electron chi connectivity index (χ2n) is 7.08. The minimum atomic E-state index is -0.967. The van der Waals surface area contributed by atoms with Gasteiger partial charge in [-0.25, -0.2) is 9.69 Å². The number of nitrogens with zero attached hydrogens (tertiary/aromatic N) is 2. The van der Waals surface area contributed by atoms with E-state index in [0.717, 1.165) is 17.7 Å². The van der Waals surface area contributed by atoms with Gasteiger partial charge in [0.2, 0.25) is 5.91 Å². The van der Waals surface area contributed by atoms with Crippen LogP contribution in [0.3, 0.4) is 0 Å². The Morgan fingerprint density at radius 3 is 2.17 bits per heavy atom. The maximum atomic E-state index is 12.6. The summed E-state index contributed by atoms with van der Waals surface area (Å²) in [6, 6.07) is 2.30. The summed E-state index contributed by atoms with van der Waals surface area (Å²) in [4.78, 5) is 51.1. The molecule has 0 aromatic heterocycles. The van der Waals surface area contributed by atoms with E-state index < -0.39 is 30.3 Å². The highest BCUT2D eigenvalue weighted by molar-refractivity contribution is 6.45. The van der Waals surface area contributed by atoms with Crippen molar-refractivity contribution in [3.05, 3.63) is 17.7 Å². The molecule has 0 spiro atoms. The van der Waals surface area contributed by atoms with E-state index in [0.29, 0.717) is 40.6 Å². The van der Waals surface area contributed by atoms with Gasteiger partial charge in [0, 0.05) is 24.2 Å². The molecule has 0 atom stereocenters. The van der Waals surface area contributed by atoms with Gasteiger partial charge in [-0.15, -0.1) is 0 Å². The Kier molecular flexibility index (Phi) is 6.43. The number of carbonyl (C=O) groups excluding carboxylic acids is 4. The molecule has 1 N–H and O–H groups in total. The molecule has 1 saturated carbocycles. The van der Waals surface area contributed by atoms with Gasteiger partial charge < -0.3 is 19.5 Å². The lowest BCUT2D eigenvalue weighted by Gasteiger charge is -2.21. The highest BCUT2D eigenvalue weighted by Gasteiger charge is 2.48. The molecule has 1 saturated heterocycles. The standard InChI is InChI=1S/C20H25N3O7/c1-28-14-9-16(30-3)15(29-2)8-12(14)10-21-17(24)11-22-18(25)19(26)23(20(22)27)13-6-4-5-7-13/h8-9,13H,4-7,10-11H2,1-3H3,(H,21,24). The van der Waals surface area contributed by atoms with E-state index in [-0.39, 0.29) is 12.6 Å². The fourth-order valence-corrected chi connectivity index (χ4v) is 3.77. The van der Waals surface area contributed by atoms with E-state index in [9.17, 15) is 19.2 Å². The number of nitrogens with one attached hydrogen (secondary N) is 1. The molecule has 0 bridgehead atoms. The fourth-order valence-electron chi connectivity index (χ4n) is 3.77. The Balaban J connectivity index is 1.65. The summed E-state index contributed by atoms with van der Waals surface area (Å²) < 4.78 is 15.8. The number of hydrogen-bond acceptors (Lipinski definition) is 7. The zero-order valence-corrected chi connectivity index (χ0v) is 17.2. The number of methoxy groups -OCH3 is 3. The monoisotopic (exact) mass is 419 g/mol. The van der Waals surface area contributed by atoms with Crippen molar-refractivity contribution in [3.63, 3.8) is 0 Å². The van der Waals surface area contributed by atoms with Gasteiger partial charge in [0.15, 0.2) is 11.5 Å². The molecule has 0 unspecified atom stereocenters. The molecule has 2 aliphatic rings. The lowest BCUT2D eigenvalue weighted by Crippen LogP contribution is -2.43. The summed E-state index contributed by atoms with van der Waals surface area (Å²) in [7, 11) is 4.47. The molecule has 1 aromatic rings. The van der Waals surface area contributed by atoms with Gasteiger partial charge in [-0.1, -0.05) is 12.8 Å². The van der Waals surface area contributed by atoms with Crippen LogP contribution in [0.1, 0.15) is 31.2 Å². The first-order chi connectivity index (χ1) is 14.4. The SMILES string of the molecule is COc1cc(OC)c(OC)cc1CNC(=O)CN1C(=O)C(=O)N(C2CCCC2)C1=O. The molecular weight excluding hydrogens is 394 g/mol. The van der Waals surface area contributed by atoms with Crippen LogP contribution in [-0.2, 0) is 20.9 Å². The van der Waals surface area contributed by atoms with Crippen LogP contribution in [0.5, 0.6) is 17.2 Å². The second kappa shape index (κ2) is 9.02. The Labute approximate surface area is 174 Å². The third kappa shape index (κ3) is 4.03. The molecule has 10 nitrogen and oxygen atoms in total. The van der Waals surface area contributed by atoms with E-state index in [2.05, 4.69) is 5.32 Å². The third-order valence-corrected chi connectivity index (χ3v) is 5.34. The summed E-state index contributed by atoms with van der Waals surface area (Å²) in [5.41, 5.74) is 0.617. The second-order valence-corrected chi connectivity index (χ2v) is 7.08. The maximum Gasteiger partial charge on any atom is 0.334 e. The van der Waals surface area contributed by atoms with Crippen LogP contribution < -0.4 is 19.5 Å². The highest BCUT2D eigenvalue weighted by Crippen LogP contribution is 2.34. The molecule has 1 aliphatic heterocycles. The first-order valence-corrected chi connectivity index (χ1v) is 9.65. The van der Waals surface area contributed by atoms with Crippen LogP contribution >= 0.6 is 0 Å². The number of benzene rings is 1. The number of carbonyl (C=O) groups is 4. The van der Waals surface area contributed by atoms with Gasteiger partial charge in [0.05, 0.1) is 21.3 Å². The van der Waals surface area contributed by atoms with Gasteiger partial charge in [-0.2, -0.15) is 0 Å². The summed E-state index contributed by atoms with van der Waals surface area (Å²) in [5, 5.41) is 2.64.